The lowest BCUT2D eigenvalue weighted by Gasteiger charge is -2.30. The molecule has 1 atom stereocenters. The number of morpholine rings is 1. The fourth-order valence-corrected chi connectivity index (χ4v) is 7.35. The lowest BCUT2D eigenvalue weighted by Crippen LogP contribution is -2.43. The summed E-state index contributed by atoms with van der Waals surface area (Å²) < 4.78 is 75.7. The fourth-order valence-electron chi connectivity index (χ4n) is 5.15. The number of benzene rings is 2. The molecule has 49 heavy (non-hydrogen) atoms. The maximum atomic E-state index is 13.5. The monoisotopic (exact) mass is 762 g/mol. The third-order valence-electron chi connectivity index (χ3n) is 7.85. The van der Waals surface area contributed by atoms with Gasteiger partial charge in [0.25, 0.3) is 0 Å². The minimum Gasteiger partial charge on any atom is -0.489 e. The van der Waals surface area contributed by atoms with Crippen LogP contribution < -0.4 is 18.5 Å². The van der Waals surface area contributed by atoms with E-state index in [1.807, 2.05) is 0 Å². The molecule has 0 radical (unpaired) electrons. The molecule has 2 aromatic carbocycles. The van der Waals surface area contributed by atoms with Crippen molar-refractivity contribution in [2.75, 3.05) is 56.6 Å². The summed E-state index contributed by atoms with van der Waals surface area (Å²) in [6.45, 7) is 0.519. The summed E-state index contributed by atoms with van der Waals surface area (Å²) in [5.74, 6) is 0.202. The van der Waals surface area contributed by atoms with Crippen molar-refractivity contribution in [3.8, 4) is 11.5 Å². The zero-order chi connectivity index (χ0) is 35.1. The molecule has 5 rings (SSSR count). The average Bonchev–Trinajstić information content (AvgIpc) is 3.86. The Hall–Kier alpha value is -3.08. The Balaban J connectivity index is 1.38. The van der Waals surface area contributed by atoms with Crippen molar-refractivity contribution >= 4 is 56.0 Å². The molecule has 0 amide bonds. The minimum atomic E-state index is -3.65. The van der Waals surface area contributed by atoms with Gasteiger partial charge in [0, 0.05) is 47.8 Å². The number of sulfonamides is 1. The van der Waals surface area contributed by atoms with E-state index < -0.39 is 28.0 Å². The highest BCUT2D eigenvalue weighted by Crippen LogP contribution is 2.39. The number of alkyl halides is 2. The first-order chi connectivity index (χ1) is 23.4. The third-order valence-corrected chi connectivity index (χ3v) is 10.5. The molecular formula is C32H36Cl2F2N3O8S2+. The number of thioether (sulfide) groups is 1. The van der Waals surface area contributed by atoms with Crippen molar-refractivity contribution in [2.45, 2.75) is 36.9 Å². The highest BCUT2D eigenvalue weighted by molar-refractivity contribution is 8.13. The Morgan fingerprint density at radius 1 is 1.12 bits per heavy atom. The molecular weight excluding hydrogens is 727 g/mol. The minimum absolute atomic E-state index is 0.0502. The van der Waals surface area contributed by atoms with Gasteiger partial charge in [-0.05, 0) is 66.4 Å². The Kier molecular flexibility index (Phi) is 12.7. The number of hydrogen-bond donors (Lipinski definition) is 1. The standard InChI is InChI=1S/C32H36Cl2F2N3O8S2/c1-49(42,43)39(10-9-37-11-13-44-14-12-37)23-3-2-4-24(16-23)48-32(40)47-29(17-25-26(33)18-38(41)19-27(25)34)22-7-8-28(46-31(35)36)30(15-22)45-20-21-5-6-21/h2-4,7-8,15-16,18-19,21,29,31,41H,5-6,9-14,17,20H2,1H3/q+1/t29-/m0/s1. The Labute approximate surface area is 297 Å². The molecule has 11 nitrogen and oxygen atoms in total. The number of hydrogen-bond acceptors (Lipinski definition) is 10. The van der Waals surface area contributed by atoms with Crippen LogP contribution in [0.5, 0.6) is 11.5 Å². The lowest BCUT2D eigenvalue weighted by molar-refractivity contribution is -0.904. The predicted octanol–water partition coefficient (Wildman–Crippen LogP) is 6.22. The third kappa shape index (κ3) is 11.0. The van der Waals surface area contributed by atoms with Crippen LogP contribution in [-0.4, -0.2) is 82.7 Å². The molecule has 3 aromatic rings. The van der Waals surface area contributed by atoms with Gasteiger partial charge in [-0.25, -0.2) is 13.2 Å². The normalized spacial score (nSPS) is 16.0. The Bertz CT molecular complexity index is 1710. The van der Waals surface area contributed by atoms with E-state index in [4.69, 9.17) is 37.4 Å². The van der Waals surface area contributed by atoms with Crippen molar-refractivity contribution in [3.05, 3.63) is 76.0 Å². The van der Waals surface area contributed by atoms with Crippen molar-refractivity contribution in [3.63, 3.8) is 0 Å². The second-order valence-corrected chi connectivity index (χ2v) is 15.3. The zero-order valence-corrected chi connectivity index (χ0v) is 29.6. The fraction of sp³-hybridized carbons (Fsp3) is 0.438. The second kappa shape index (κ2) is 16.8. The molecule has 0 bridgehead atoms. The van der Waals surface area contributed by atoms with Gasteiger partial charge in [0.05, 0.1) is 31.8 Å². The highest BCUT2D eigenvalue weighted by Gasteiger charge is 2.27. The Morgan fingerprint density at radius 3 is 2.49 bits per heavy atom. The van der Waals surface area contributed by atoms with Crippen LogP contribution in [0.1, 0.15) is 30.1 Å². The average molecular weight is 764 g/mol. The number of anilines is 1. The van der Waals surface area contributed by atoms with Gasteiger partial charge >= 0.3 is 11.9 Å². The summed E-state index contributed by atoms with van der Waals surface area (Å²) in [5.41, 5.74) is 1.13. The van der Waals surface area contributed by atoms with Crippen molar-refractivity contribution < 1.29 is 50.9 Å². The molecule has 266 valence electrons. The van der Waals surface area contributed by atoms with Gasteiger partial charge in [-0.1, -0.05) is 35.3 Å². The van der Waals surface area contributed by atoms with E-state index in [9.17, 15) is 27.2 Å². The highest BCUT2D eigenvalue weighted by atomic mass is 35.5. The van der Waals surface area contributed by atoms with Crippen LogP contribution >= 0.6 is 35.0 Å². The van der Waals surface area contributed by atoms with Crippen LogP contribution in [0.25, 0.3) is 0 Å². The Morgan fingerprint density at radius 2 is 1.84 bits per heavy atom. The van der Waals surface area contributed by atoms with E-state index in [-0.39, 0.29) is 34.5 Å². The first kappa shape index (κ1) is 37.2. The van der Waals surface area contributed by atoms with Crippen molar-refractivity contribution in [1.82, 2.24) is 4.90 Å². The van der Waals surface area contributed by atoms with Gasteiger partial charge < -0.3 is 18.9 Å². The van der Waals surface area contributed by atoms with Gasteiger partial charge in [-0.2, -0.15) is 8.78 Å². The molecule has 17 heteroatoms. The topological polar surface area (TPSA) is 119 Å². The van der Waals surface area contributed by atoms with E-state index in [0.29, 0.717) is 71.8 Å². The summed E-state index contributed by atoms with van der Waals surface area (Å²) >= 11 is 13.5. The number of pyridine rings is 1. The van der Waals surface area contributed by atoms with E-state index in [0.717, 1.165) is 30.9 Å². The SMILES string of the molecule is CS(=O)(=O)N(CCN1CCOCC1)c1cccc(SC(=O)O[C@@H](Cc2c(Cl)c[n+](O)cc2Cl)c2ccc(OC(F)F)c(OCC3CC3)c2)c1. The molecule has 1 aromatic heterocycles. The number of carbonyl (C=O) groups excluding carboxylic acids is 1. The number of ether oxygens (including phenoxy) is 4. The lowest BCUT2D eigenvalue weighted by atomic mass is 10.0. The summed E-state index contributed by atoms with van der Waals surface area (Å²) in [5, 5.41) is 9.31. The van der Waals surface area contributed by atoms with Crippen molar-refractivity contribution in [2.24, 2.45) is 5.92 Å². The number of rotatable bonds is 15. The van der Waals surface area contributed by atoms with Crippen molar-refractivity contribution in [1.29, 1.82) is 0 Å². The van der Waals surface area contributed by atoms with Gasteiger partial charge in [-0.15, -0.1) is 0 Å². The number of aromatic nitrogens is 1. The molecule has 2 fully saturated rings. The summed E-state index contributed by atoms with van der Waals surface area (Å²) in [7, 11) is -3.65. The first-order valence-corrected chi connectivity index (χ1v) is 18.8. The maximum Gasteiger partial charge on any atom is 0.387 e. The zero-order valence-electron chi connectivity index (χ0n) is 26.5. The van der Waals surface area contributed by atoms with Crippen LogP contribution in [0.2, 0.25) is 10.0 Å². The number of carbonyl (C=O) groups is 1. The summed E-state index contributed by atoms with van der Waals surface area (Å²) in [6.07, 6.45) is 4.41. The van der Waals surface area contributed by atoms with Gasteiger partial charge in [0.1, 0.15) is 16.1 Å². The van der Waals surface area contributed by atoms with Gasteiger partial charge in [0.2, 0.25) is 22.4 Å². The summed E-state index contributed by atoms with van der Waals surface area (Å²) in [4.78, 5) is 16.0. The molecule has 1 saturated heterocycles. The van der Waals surface area contributed by atoms with E-state index in [1.54, 1.807) is 24.3 Å². The van der Waals surface area contributed by atoms with Crippen LogP contribution in [-0.2, 0) is 25.9 Å². The predicted molar refractivity (Wildman–Crippen MR) is 180 cm³/mol. The quantitative estimate of drug-likeness (QED) is 0.0828. The second-order valence-electron chi connectivity index (χ2n) is 11.6. The van der Waals surface area contributed by atoms with Crippen LogP contribution in [0, 0.1) is 5.92 Å². The molecule has 1 N–H and O–H groups in total. The van der Waals surface area contributed by atoms with E-state index in [1.165, 1.54) is 34.9 Å². The number of nitrogens with zero attached hydrogens (tertiary/aromatic N) is 3. The largest absolute Gasteiger partial charge is 0.489 e. The smallest absolute Gasteiger partial charge is 0.387 e. The van der Waals surface area contributed by atoms with Gasteiger partial charge in [0.15, 0.2) is 11.5 Å². The van der Waals surface area contributed by atoms with Gasteiger partial charge in [-0.3, -0.25) is 14.4 Å². The molecule has 0 unspecified atom stereocenters. The first-order valence-electron chi connectivity index (χ1n) is 15.4. The van der Waals surface area contributed by atoms with Crippen LogP contribution in [0.3, 0.4) is 0 Å². The molecule has 2 aliphatic rings. The van der Waals surface area contributed by atoms with E-state index in [2.05, 4.69) is 9.64 Å². The molecule has 1 aliphatic heterocycles. The number of halogens is 4. The summed E-state index contributed by atoms with van der Waals surface area (Å²) in [6, 6.07) is 10.8. The van der Waals surface area contributed by atoms with Crippen LogP contribution in [0.4, 0.5) is 19.3 Å². The van der Waals surface area contributed by atoms with Crippen LogP contribution in [0.15, 0.2) is 59.8 Å². The molecule has 2 heterocycles. The molecule has 1 aliphatic carbocycles. The molecule has 1 saturated carbocycles. The maximum absolute atomic E-state index is 13.5. The molecule has 0 spiro atoms. The van der Waals surface area contributed by atoms with E-state index >= 15 is 0 Å².